The first kappa shape index (κ1) is 15.8. The lowest BCUT2D eigenvalue weighted by atomic mass is 9.97. The smallest absolute Gasteiger partial charge is 0.308 e. The van der Waals surface area contributed by atoms with Crippen LogP contribution in [0.4, 0.5) is 0 Å². The van der Waals surface area contributed by atoms with Gasteiger partial charge in [0.2, 0.25) is 0 Å². The van der Waals surface area contributed by atoms with Gasteiger partial charge in [0.05, 0.1) is 5.92 Å². The molecule has 0 aliphatic carbocycles. The number of carbonyl (C=O) groups excluding carboxylic acids is 2. The van der Waals surface area contributed by atoms with Gasteiger partial charge in [-0.05, 0) is 37.1 Å². The summed E-state index contributed by atoms with van der Waals surface area (Å²) >= 11 is 0. The number of ether oxygens (including phenoxy) is 1. The second kappa shape index (κ2) is 6.93. The second-order valence-corrected chi connectivity index (χ2v) is 5.21. The van der Waals surface area contributed by atoms with Gasteiger partial charge in [-0.25, -0.2) is 0 Å². The topological polar surface area (TPSA) is 110 Å². The number of amides is 2. The van der Waals surface area contributed by atoms with E-state index in [0.717, 1.165) is 0 Å². The van der Waals surface area contributed by atoms with Crippen LogP contribution in [0.15, 0.2) is 24.3 Å². The summed E-state index contributed by atoms with van der Waals surface area (Å²) in [5.74, 6) is -1.71. The second-order valence-electron chi connectivity index (χ2n) is 5.21. The first-order valence-electron chi connectivity index (χ1n) is 7.00. The number of hydrogen-bond acceptors (Lipinski definition) is 4. The molecule has 1 aromatic rings. The van der Waals surface area contributed by atoms with Crippen LogP contribution >= 0.6 is 0 Å². The molecule has 0 aromatic heterocycles. The van der Waals surface area contributed by atoms with E-state index in [4.69, 9.17) is 15.6 Å². The molecular weight excluding hydrogens is 288 g/mol. The van der Waals surface area contributed by atoms with Gasteiger partial charge in [-0.15, -0.1) is 0 Å². The van der Waals surface area contributed by atoms with Crippen molar-refractivity contribution in [2.75, 3.05) is 19.7 Å². The molecule has 1 heterocycles. The number of piperidine rings is 1. The number of rotatable bonds is 5. The van der Waals surface area contributed by atoms with E-state index >= 15 is 0 Å². The van der Waals surface area contributed by atoms with Crippen molar-refractivity contribution in [2.45, 2.75) is 12.8 Å². The molecule has 3 N–H and O–H groups in total. The number of hydrogen-bond donors (Lipinski definition) is 2. The molecule has 0 bridgehead atoms. The third kappa shape index (κ3) is 3.97. The van der Waals surface area contributed by atoms with Crippen molar-refractivity contribution in [3.05, 3.63) is 29.8 Å². The van der Waals surface area contributed by atoms with Crippen LogP contribution < -0.4 is 10.5 Å². The van der Waals surface area contributed by atoms with Crippen LogP contribution in [0, 0.1) is 5.92 Å². The van der Waals surface area contributed by atoms with Gasteiger partial charge < -0.3 is 20.5 Å². The SMILES string of the molecule is NC(=O)COc1ccc(C(=O)N2CCCC(C(=O)O)C2)cc1. The predicted molar refractivity (Wildman–Crippen MR) is 77.4 cm³/mol. The molecule has 2 rings (SSSR count). The molecular formula is C15H18N2O5. The van der Waals surface area contributed by atoms with Crippen molar-refractivity contribution in [2.24, 2.45) is 11.7 Å². The van der Waals surface area contributed by atoms with Gasteiger partial charge >= 0.3 is 5.97 Å². The van der Waals surface area contributed by atoms with Crippen LogP contribution in [-0.4, -0.2) is 47.5 Å². The van der Waals surface area contributed by atoms with Crippen molar-refractivity contribution in [1.82, 2.24) is 4.90 Å². The van der Waals surface area contributed by atoms with Crippen LogP contribution in [0.5, 0.6) is 5.75 Å². The Balaban J connectivity index is 2.00. The third-order valence-corrected chi connectivity index (χ3v) is 3.54. The minimum Gasteiger partial charge on any atom is -0.484 e. The molecule has 1 aliphatic rings. The minimum atomic E-state index is -0.868. The molecule has 118 valence electrons. The fourth-order valence-electron chi connectivity index (χ4n) is 2.39. The Morgan fingerprint density at radius 2 is 1.95 bits per heavy atom. The Hall–Kier alpha value is -2.57. The maximum atomic E-state index is 12.4. The monoisotopic (exact) mass is 306 g/mol. The molecule has 2 amide bonds. The van der Waals surface area contributed by atoms with Gasteiger partial charge in [0.15, 0.2) is 6.61 Å². The molecule has 1 atom stereocenters. The van der Waals surface area contributed by atoms with E-state index in [0.29, 0.717) is 30.7 Å². The molecule has 1 saturated heterocycles. The van der Waals surface area contributed by atoms with Crippen LogP contribution in [0.25, 0.3) is 0 Å². The minimum absolute atomic E-state index is 0.201. The van der Waals surface area contributed by atoms with Crippen LogP contribution in [0.1, 0.15) is 23.2 Å². The summed E-state index contributed by atoms with van der Waals surface area (Å²) < 4.78 is 5.12. The molecule has 1 fully saturated rings. The maximum Gasteiger partial charge on any atom is 0.308 e. The normalized spacial score (nSPS) is 17.8. The number of carboxylic acids is 1. The van der Waals surface area contributed by atoms with E-state index < -0.39 is 17.8 Å². The summed E-state index contributed by atoms with van der Waals surface area (Å²) in [5.41, 5.74) is 5.44. The lowest BCUT2D eigenvalue weighted by Gasteiger charge is -2.30. The van der Waals surface area contributed by atoms with Gasteiger partial charge in [0.1, 0.15) is 5.75 Å². The number of carbonyl (C=O) groups is 3. The van der Waals surface area contributed by atoms with E-state index in [2.05, 4.69) is 0 Å². The molecule has 22 heavy (non-hydrogen) atoms. The molecule has 7 nitrogen and oxygen atoms in total. The maximum absolute atomic E-state index is 12.4. The number of nitrogens with zero attached hydrogens (tertiary/aromatic N) is 1. The Bertz CT molecular complexity index is 570. The highest BCUT2D eigenvalue weighted by atomic mass is 16.5. The third-order valence-electron chi connectivity index (χ3n) is 3.54. The fourth-order valence-corrected chi connectivity index (χ4v) is 2.39. The summed E-state index contributed by atoms with van der Waals surface area (Å²) in [6.45, 7) is 0.566. The summed E-state index contributed by atoms with van der Waals surface area (Å²) in [5, 5.41) is 9.06. The molecule has 1 unspecified atom stereocenters. The Kier molecular flexibility index (Phi) is 4.98. The van der Waals surface area contributed by atoms with Gasteiger partial charge in [-0.2, -0.15) is 0 Å². The van der Waals surface area contributed by atoms with Crippen molar-refractivity contribution in [1.29, 1.82) is 0 Å². The predicted octanol–water partition coefficient (Wildman–Crippen LogP) is 0.487. The van der Waals surface area contributed by atoms with Gasteiger partial charge in [0.25, 0.3) is 11.8 Å². The van der Waals surface area contributed by atoms with Crippen LogP contribution in [0.2, 0.25) is 0 Å². The van der Waals surface area contributed by atoms with Crippen molar-refractivity contribution >= 4 is 17.8 Å². The zero-order valence-electron chi connectivity index (χ0n) is 12.0. The number of benzene rings is 1. The number of likely N-dealkylation sites (tertiary alicyclic amines) is 1. The zero-order valence-corrected chi connectivity index (χ0v) is 12.0. The molecule has 0 spiro atoms. The van der Waals surface area contributed by atoms with Crippen molar-refractivity contribution in [3.8, 4) is 5.75 Å². The highest BCUT2D eigenvalue weighted by Gasteiger charge is 2.28. The summed E-state index contributed by atoms with van der Waals surface area (Å²) in [7, 11) is 0. The molecule has 1 aliphatic heterocycles. The van der Waals surface area contributed by atoms with Gasteiger partial charge in [0, 0.05) is 18.7 Å². The molecule has 0 saturated carbocycles. The highest BCUT2D eigenvalue weighted by Crippen LogP contribution is 2.20. The van der Waals surface area contributed by atoms with Crippen molar-refractivity contribution in [3.63, 3.8) is 0 Å². The molecule has 7 heteroatoms. The van der Waals surface area contributed by atoms with E-state index in [-0.39, 0.29) is 19.1 Å². The fraction of sp³-hybridized carbons (Fsp3) is 0.400. The zero-order chi connectivity index (χ0) is 16.1. The van der Waals surface area contributed by atoms with E-state index in [9.17, 15) is 14.4 Å². The average molecular weight is 306 g/mol. The lowest BCUT2D eigenvalue weighted by Crippen LogP contribution is -2.42. The van der Waals surface area contributed by atoms with E-state index in [1.54, 1.807) is 29.2 Å². The highest BCUT2D eigenvalue weighted by molar-refractivity contribution is 5.94. The van der Waals surface area contributed by atoms with Gasteiger partial charge in [-0.1, -0.05) is 0 Å². The van der Waals surface area contributed by atoms with E-state index in [1.807, 2.05) is 0 Å². The summed E-state index contributed by atoms with van der Waals surface area (Å²) in [4.78, 5) is 35.6. The standard InChI is InChI=1S/C15H18N2O5/c16-13(18)9-22-12-5-3-10(4-6-12)14(19)17-7-1-2-11(8-17)15(20)21/h3-6,11H,1-2,7-9H2,(H2,16,18)(H,20,21). The Morgan fingerprint density at radius 3 is 2.55 bits per heavy atom. The number of aliphatic carboxylic acids is 1. The number of nitrogens with two attached hydrogens (primary N) is 1. The number of carboxylic acid groups (broad SMARTS) is 1. The Morgan fingerprint density at radius 1 is 1.27 bits per heavy atom. The lowest BCUT2D eigenvalue weighted by molar-refractivity contribution is -0.143. The Labute approximate surface area is 127 Å². The average Bonchev–Trinajstić information content (AvgIpc) is 2.53. The first-order valence-corrected chi connectivity index (χ1v) is 7.00. The summed E-state index contributed by atoms with van der Waals surface area (Å²) in [6, 6.07) is 6.33. The van der Waals surface area contributed by atoms with Crippen LogP contribution in [0.3, 0.4) is 0 Å². The molecule has 1 aromatic carbocycles. The number of primary amides is 1. The van der Waals surface area contributed by atoms with Crippen LogP contribution in [-0.2, 0) is 9.59 Å². The summed E-state index contributed by atoms with van der Waals surface area (Å²) in [6.07, 6.45) is 1.28. The first-order chi connectivity index (χ1) is 10.5. The quantitative estimate of drug-likeness (QED) is 0.822. The molecule has 0 radical (unpaired) electrons. The van der Waals surface area contributed by atoms with Gasteiger partial charge in [-0.3, -0.25) is 14.4 Å². The largest absolute Gasteiger partial charge is 0.484 e. The van der Waals surface area contributed by atoms with E-state index in [1.165, 1.54) is 0 Å². The van der Waals surface area contributed by atoms with Crippen molar-refractivity contribution < 1.29 is 24.2 Å².